The Morgan fingerprint density at radius 3 is 2.45 bits per heavy atom. The molecule has 1 unspecified atom stereocenters. The lowest BCUT2D eigenvalue weighted by molar-refractivity contribution is -0.141. The second kappa shape index (κ2) is 8.40. The van der Waals surface area contributed by atoms with Crippen molar-refractivity contribution in [2.75, 3.05) is 6.61 Å². The Hall–Kier alpha value is -2.90. The summed E-state index contributed by atoms with van der Waals surface area (Å²) >= 11 is 0. The molecule has 0 aliphatic heterocycles. The first-order valence-electron chi connectivity index (χ1n) is 6.31. The summed E-state index contributed by atoms with van der Waals surface area (Å²) in [7, 11) is 0. The number of benzene rings is 1. The minimum absolute atomic E-state index is 0.0807. The third-order valence-electron chi connectivity index (χ3n) is 2.68. The smallest absolute Gasteiger partial charge is 0.326 e. The molecule has 1 amide bonds. The fourth-order valence-corrected chi connectivity index (χ4v) is 1.64. The molecule has 1 radical (unpaired) electrons. The molecule has 0 saturated heterocycles. The van der Waals surface area contributed by atoms with Crippen LogP contribution in [-0.2, 0) is 14.4 Å². The Morgan fingerprint density at radius 1 is 1.36 bits per heavy atom. The Kier molecular flexibility index (Phi) is 6.55. The minimum Gasteiger partial charge on any atom is -0.494 e. The quantitative estimate of drug-likeness (QED) is 0.361. The van der Waals surface area contributed by atoms with Gasteiger partial charge in [0.1, 0.15) is 11.8 Å². The average molecular weight is 307 g/mol. The molecule has 1 atom stereocenters. The maximum Gasteiger partial charge on any atom is 0.326 e. The molecule has 0 fully saturated rings. The van der Waals surface area contributed by atoms with Crippen LogP contribution in [0.3, 0.4) is 0 Å². The van der Waals surface area contributed by atoms with E-state index in [9.17, 15) is 14.4 Å². The molecule has 1 aromatic carbocycles. The number of rotatable bonds is 8. The minimum atomic E-state index is -1.14. The van der Waals surface area contributed by atoms with Crippen LogP contribution >= 0.6 is 0 Å². The van der Waals surface area contributed by atoms with Gasteiger partial charge >= 0.3 is 5.97 Å². The first-order valence-corrected chi connectivity index (χ1v) is 6.31. The van der Waals surface area contributed by atoms with Crippen LogP contribution in [0, 0.1) is 0 Å². The molecule has 0 spiro atoms. The predicted molar refractivity (Wildman–Crippen MR) is 75.8 cm³/mol. The zero-order chi connectivity index (χ0) is 16.5. The molecule has 0 aliphatic rings. The summed E-state index contributed by atoms with van der Waals surface area (Å²) in [6, 6.07) is 5.04. The second-order valence-corrected chi connectivity index (χ2v) is 4.30. The van der Waals surface area contributed by atoms with Gasteiger partial charge in [0.05, 0.1) is 6.61 Å². The SMILES string of the molecule is CC(=O)NC(CCOc1ccc(/C([C]=O)=N/O)cc1)C(=O)O. The highest BCUT2D eigenvalue weighted by molar-refractivity contribution is 6.36. The van der Waals surface area contributed by atoms with E-state index in [1.807, 2.05) is 0 Å². The van der Waals surface area contributed by atoms with Gasteiger partial charge in [-0.2, -0.15) is 0 Å². The second-order valence-electron chi connectivity index (χ2n) is 4.30. The summed E-state index contributed by atoms with van der Waals surface area (Å²) in [4.78, 5) is 32.3. The Labute approximate surface area is 126 Å². The molecule has 0 heterocycles. The largest absolute Gasteiger partial charge is 0.494 e. The van der Waals surface area contributed by atoms with E-state index < -0.39 is 17.9 Å². The van der Waals surface area contributed by atoms with Crippen LogP contribution in [0.4, 0.5) is 0 Å². The molecule has 22 heavy (non-hydrogen) atoms. The third-order valence-corrected chi connectivity index (χ3v) is 2.68. The van der Waals surface area contributed by atoms with Crippen LogP contribution in [0.15, 0.2) is 29.4 Å². The van der Waals surface area contributed by atoms with Crippen LogP contribution < -0.4 is 10.1 Å². The molecule has 0 aliphatic carbocycles. The number of carboxylic acid groups (broad SMARTS) is 1. The standard InChI is InChI=1S/C14H15N2O6/c1-9(18)15-12(14(19)20)6-7-22-11-4-2-10(3-5-11)13(8-17)16-21/h2-5,12,21H,6-7H2,1H3,(H,15,18)(H,19,20)/b16-13+. The van der Waals surface area contributed by atoms with Gasteiger partial charge < -0.3 is 20.4 Å². The van der Waals surface area contributed by atoms with Gasteiger partial charge in [0.2, 0.25) is 5.91 Å². The van der Waals surface area contributed by atoms with E-state index >= 15 is 0 Å². The van der Waals surface area contributed by atoms with Gasteiger partial charge in [0.15, 0.2) is 5.71 Å². The normalized spacial score (nSPS) is 12.3. The first-order chi connectivity index (χ1) is 10.5. The summed E-state index contributed by atoms with van der Waals surface area (Å²) in [5.74, 6) is -1.13. The Balaban J connectivity index is 2.56. The zero-order valence-electron chi connectivity index (χ0n) is 11.8. The number of ether oxygens (including phenoxy) is 1. The predicted octanol–water partition coefficient (Wildman–Crippen LogP) is 0.333. The van der Waals surface area contributed by atoms with E-state index in [1.165, 1.54) is 37.5 Å². The molecule has 0 saturated carbocycles. The number of oxime groups is 1. The first kappa shape index (κ1) is 17.2. The van der Waals surface area contributed by atoms with Crippen LogP contribution in [0.25, 0.3) is 0 Å². The van der Waals surface area contributed by atoms with Crippen molar-refractivity contribution >= 4 is 23.9 Å². The topological polar surface area (TPSA) is 125 Å². The third kappa shape index (κ3) is 5.23. The van der Waals surface area contributed by atoms with Crippen LogP contribution in [0.1, 0.15) is 18.9 Å². The number of carbonyl (C=O) groups is 2. The van der Waals surface area contributed by atoms with Crippen LogP contribution in [0.5, 0.6) is 5.75 Å². The molecule has 8 nitrogen and oxygen atoms in total. The van der Waals surface area contributed by atoms with Gasteiger partial charge in [-0.15, -0.1) is 0 Å². The van der Waals surface area contributed by atoms with E-state index in [0.717, 1.165) is 0 Å². The van der Waals surface area contributed by atoms with E-state index in [2.05, 4.69) is 10.5 Å². The number of aliphatic carboxylic acids is 1. The highest BCUT2D eigenvalue weighted by Gasteiger charge is 2.18. The van der Waals surface area contributed by atoms with Gasteiger partial charge in [-0.1, -0.05) is 5.16 Å². The van der Waals surface area contributed by atoms with Crippen molar-refractivity contribution in [1.82, 2.24) is 5.32 Å². The molecule has 0 bridgehead atoms. The molecular weight excluding hydrogens is 292 g/mol. The Bertz CT molecular complexity index is 567. The van der Waals surface area contributed by atoms with Crippen molar-refractivity contribution in [3.63, 3.8) is 0 Å². The molecule has 8 heteroatoms. The number of hydrogen-bond acceptors (Lipinski definition) is 6. The fourth-order valence-electron chi connectivity index (χ4n) is 1.64. The number of carbonyl (C=O) groups excluding carboxylic acids is 2. The van der Waals surface area contributed by atoms with Crippen molar-refractivity contribution in [3.05, 3.63) is 29.8 Å². The van der Waals surface area contributed by atoms with Crippen LogP contribution in [0.2, 0.25) is 0 Å². The summed E-state index contributed by atoms with van der Waals surface area (Å²) < 4.78 is 5.35. The summed E-state index contributed by atoms with van der Waals surface area (Å²) in [5, 5.41) is 22.6. The van der Waals surface area contributed by atoms with Gasteiger partial charge in [-0.05, 0) is 24.3 Å². The van der Waals surface area contributed by atoms with Crippen molar-refractivity contribution < 1.29 is 29.4 Å². The number of nitrogens with zero attached hydrogens (tertiary/aromatic N) is 1. The summed E-state index contributed by atoms with van der Waals surface area (Å²) in [6.07, 6.45) is 1.58. The lowest BCUT2D eigenvalue weighted by Gasteiger charge is -2.13. The molecule has 1 aromatic rings. The van der Waals surface area contributed by atoms with Crippen molar-refractivity contribution in [2.45, 2.75) is 19.4 Å². The summed E-state index contributed by atoms with van der Waals surface area (Å²) in [5.41, 5.74) is 0.134. The molecule has 117 valence electrons. The van der Waals surface area contributed by atoms with Crippen LogP contribution in [-0.4, -0.2) is 46.8 Å². The lowest BCUT2D eigenvalue weighted by Crippen LogP contribution is -2.40. The van der Waals surface area contributed by atoms with E-state index in [0.29, 0.717) is 11.3 Å². The maximum absolute atomic E-state index is 10.9. The van der Waals surface area contributed by atoms with E-state index in [4.69, 9.17) is 15.1 Å². The highest BCUT2D eigenvalue weighted by Crippen LogP contribution is 2.13. The Morgan fingerprint density at radius 2 is 2.00 bits per heavy atom. The fraction of sp³-hybridized carbons (Fsp3) is 0.286. The zero-order valence-corrected chi connectivity index (χ0v) is 11.8. The monoisotopic (exact) mass is 307 g/mol. The van der Waals surface area contributed by atoms with Gasteiger partial charge in [0.25, 0.3) is 6.29 Å². The number of amides is 1. The number of hydrogen-bond donors (Lipinski definition) is 3. The van der Waals surface area contributed by atoms with Crippen molar-refractivity contribution in [3.8, 4) is 5.75 Å². The lowest BCUT2D eigenvalue weighted by atomic mass is 10.1. The highest BCUT2D eigenvalue weighted by atomic mass is 16.5. The van der Waals surface area contributed by atoms with Gasteiger partial charge in [0, 0.05) is 18.9 Å². The van der Waals surface area contributed by atoms with E-state index in [-0.39, 0.29) is 18.7 Å². The average Bonchev–Trinajstić information content (AvgIpc) is 2.48. The van der Waals surface area contributed by atoms with E-state index in [1.54, 1.807) is 0 Å². The molecule has 1 rings (SSSR count). The van der Waals surface area contributed by atoms with Gasteiger partial charge in [-0.3, -0.25) is 9.59 Å². The van der Waals surface area contributed by atoms with Gasteiger partial charge in [-0.25, -0.2) is 4.79 Å². The molecule has 0 aromatic heterocycles. The van der Waals surface area contributed by atoms with Crippen molar-refractivity contribution in [2.24, 2.45) is 5.16 Å². The number of carboxylic acids is 1. The molecule has 3 N–H and O–H groups in total. The summed E-state index contributed by atoms with van der Waals surface area (Å²) in [6.45, 7) is 1.32. The molecular formula is C14H15N2O6. The van der Waals surface area contributed by atoms with Crippen molar-refractivity contribution in [1.29, 1.82) is 0 Å². The maximum atomic E-state index is 10.9. The number of nitrogens with one attached hydrogen (secondary N) is 1.